The third-order valence-corrected chi connectivity index (χ3v) is 3.21. The van der Waals surface area contributed by atoms with E-state index in [1.54, 1.807) is 36.4 Å². The first-order chi connectivity index (χ1) is 9.49. The smallest absolute Gasteiger partial charge is 0.233 e. The fraction of sp³-hybridized carbons (Fsp3) is 0.125. The Morgan fingerprint density at radius 3 is 1.60 bits per heavy atom. The zero-order valence-corrected chi connectivity index (χ0v) is 12.0. The van der Waals surface area contributed by atoms with Gasteiger partial charge in [0.1, 0.15) is 0 Å². The van der Waals surface area contributed by atoms with Crippen LogP contribution in [0.3, 0.4) is 0 Å². The van der Waals surface area contributed by atoms with E-state index < -0.39 is 11.6 Å². The van der Waals surface area contributed by atoms with Crippen LogP contribution >= 0.6 is 11.6 Å². The number of Topliss-reactive ketones (excluding diaryl/α,β-unsaturated/α-hetero) is 2. The van der Waals surface area contributed by atoms with Crippen LogP contribution in [0.5, 0.6) is 0 Å². The van der Waals surface area contributed by atoms with Gasteiger partial charge in [0.2, 0.25) is 11.6 Å². The number of rotatable bonds is 4. The Morgan fingerprint density at radius 1 is 0.800 bits per heavy atom. The van der Waals surface area contributed by atoms with Crippen molar-refractivity contribution >= 4 is 28.9 Å². The molecule has 102 valence electrons. The summed E-state index contributed by atoms with van der Waals surface area (Å²) in [5, 5.41) is 0.532. The number of nitrogens with zero attached hydrogens (tertiary/aromatic N) is 1. The molecule has 0 bridgehead atoms. The van der Waals surface area contributed by atoms with E-state index in [9.17, 15) is 9.59 Å². The van der Waals surface area contributed by atoms with E-state index >= 15 is 0 Å². The summed E-state index contributed by atoms with van der Waals surface area (Å²) in [7, 11) is 3.82. The predicted octanol–water partition coefficient (Wildman–Crippen LogP) is 3.47. The van der Waals surface area contributed by atoms with Gasteiger partial charge >= 0.3 is 0 Å². The number of carbonyl (C=O) groups is 2. The van der Waals surface area contributed by atoms with Crippen LogP contribution in [0, 0.1) is 0 Å². The third kappa shape index (κ3) is 3.06. The van der Waals surface area contributed by atoms with Gasteiger partial charge in [0.15, 0.2) is 0 Å². The number of ketones is 2. The molecule has 0 radical (unpaired) electrons. The molecule has 0 amide bonds. The van der Waals surface area contributed by atoms with Crippen molar-refractivity contribution in [3.8, 4) is 0 Å². The van der Waals surface area contributed by atoms with Gasteiger partial charge in [-0.05, 0) is 48.5 Å². The summed E-state index contributed by atoms with van der Waals surface area (Å²) in [5.41, 5.74) is 1.70. The first-order valence-corrected chi connectivity index (χ1v) is 6.49. The largest absolute Gasteiger partial charge is 0.378 e. The number of anilines is 1. The van der Waals surface area contributed by atoms with Crippen LogP contribution in [0.4, 0.5) is 5.69 Å². The van der Waals surface area contributed by atoms with Gasteiger partial charge in [0, 0.05) is 35.9 Å². The van der Waals surface area contributed by atoms with Gasteiger partial charge in [-0.1, -0.05) is 11.6 Å². The minimum Gasteiger partial charge on any atom is -0.378 e. The first kappa shape index (κ1) is 14.3. The SMILES string of the molecule is CN(C)c1ccc(C(=O)C(=O)c2ccc(Cl)cc2)cc1. The van der Waals surface area contributed by atoms with Crippen molar-refractivity contribution in [3.63, 3.8) is 0 Å². The van der Waals surface area contributed by atoms with Crippen LogP contribution in [-0.2, 0) is 0 Å². The Hall–Kier alpha value is -2.13. The van der Waals surface area contributed by atoms with Gasteiger partial charge in [-0.2, -0.15) is 0 Å². The number of hydrogen-bond donors (Lipinski definition) is 0. The molecule has 0 aliphatic carbocycles. The van der Waals surface area contributed by atoms with E-state index in [2.05, 4.69) is 0 Å². The van der Waals surface area contributed by atoms with E-state index in [1.165, 1.54) is 0 Å². The molecule has 0 fully saturated rings. The Bertz CT molecular complexity index is 631. The fourth-order valence-electron chi connectivity index (χ4n) is 1.77. The van der Waals surface area contributed by atoms with E-state index in [1.807, 2.05) is 31.1 Å². The standard InChI is InChI=1S/C16H14ClNO2/c1-18(2)14-9-5-12(6-10-14)16(20)15(19)11-3-7-13(17)8-4-11/h3-10H,1-2H3. The highest BCUT2D eigenvalue weighted by atomic mass is 35.5. The zero-order chi connectivity index (χ0) is 14.7. The summed E-state index contributed by atoms with van der Waals surface area (Å²) in [6, 6.07) is 13.2. The van der Waals surface area contributed by atoms with Gasteiger partial charge < -0.3 is 4.90 Å². The molecule has 0 saturated carbocycles. The quantitative estimate of drug-likeness (QED) is 0.638. The molecule has 4 heteroatoms. The maximum atomic E-state index is 12.1. The van der Waals surface area contributed by atoms with Gasteiger partial charge in [-0.3, -0.25) is 9.59 Å². The van der Waals surface area contributed by atoms with E-state index in [4.69, 9.17) is 11.6 Å². The maximum Gasteiger partial charge on any atom is 0.233 e. The van der Waals surface area contributed by atoms with E-state index in [0.717, 1.165) is 5.69 Å². The molecule has 0 aliphatic rings. The number of benzene rings is 2. The predicted molar refractivity (Wildman–Crippen MR) is 80.9 cm³/mol. The molecule has 2 aromatic rings. The lowest BCUT2D eigenvalue weighted by Gasteiger charge is -2.12. The van der Waals surface area contributed by atoms with Crippen molar-refractivity contribution in [1.82, 2.24) is 0 Å². The molecule has 0 unspecified atom stereocenters. The topological polar surface area (TPSA) is 37.4 Å². The molecule has 3 nitrogen and oxygen atoms in total. The molecule has 20 heavy (non-hydrogen) atoms. The van der Waals surface area contributed by atoms with Crippen LogP contribution in [-0.4, -0.2) is 25.7 Å². The molecule has 0 atom stereocenters. The van der Waals surface area contributed by atoms with Crippen molar-refractivity contribution in [1.29, 1.82) is 0 Å². The molecule has 0 heterocycles. The van der Waals surface area contributed by atoms with E-state index in [-0.39, 0.29) is 0 Å². The van der Waals surface area contributed by atoms with Crippen LogP contribution < -0.4 is 4.90 Å². The Balaban J connectivity index is 2.22. The Labute approximate surface area is 122 Å². The molecule has 0 spiro atoms. The average molecular weight is 288 g/mol. The van der Waals surface area contributed by atoms with Crippen molar-refractivity contribution in [2.24, 2.45) is 0 Å². The third-order valence-electron chi connectivity index (χ3n) is 2.96. The lowest BCUT2D eigenvalue weighted by atomic mass is 10.0. The Morgan fingerprint density at radius 2 is 1.20 bits per heavy atom. The lowest BCUT2D eigenvalue weighted by molar-refractivity contribution is 0.0817. The molecule has 0 aromatic heterocycles. The highest BCUT2D eigenvalue weighted by molar-refractivity contribution is 6.49. The lowest BCUT2D eigenvalue weighted by Crippen LogP contribution is -2.15. The first-order valence-electron chi connectivity index (χ1n) is 6.11. The summed E-state index contributed by atoms with van der Waals surface area (Å²) in [6.45, 7) is 0. The zero-order valence-electron chi connectivity index (χ0n) is 11.3. The molecule has 2 aromatic carbocycles. The van der Waals surface area contributed by atoms with Gasteiger partial charge in [0.25, 0.3) is 0 Å². The van der Waals surface area contributed by atoms with Crippen LogP contribution in [0.25, 0.3) is 0 Å². The van der Waals surface area contributed by atoms with Crippen LogP contribution in [0.15, 0.2) is 48.5 Å². The van der Waals surface area contributed by atoms with Gasteiger partial charge in [0.05, 0.1) is 0 Å². The minimum atomic E-state index is -0.528. The Kier molecular flexibility index (Phi) is 4.20. The number of halogens is 1. The monoisotopic (exact) mass is 287 g/mol. The summed E-state index contributed by atoms with van der Waals surface area (Å²) in [5.74, 6) is -1.04. The summed E-state index contributed by atoms with van der Waals surface area (Å²) in [4.78, 5) is 26.1. The van der Waals surface area contributed by atoms with Crippen molar-refractivity contribution in [2.75, 3.05) is 19.0 Å². The summed E-state index contributed by atoms with van der Waals surface area (Å²) in [6.07, 6.45) is 0. The maximum absolute atomic E-state index is 12.1. The van der Waals surface area contributed by atoms with Crippen LogP contribution in [0.1, 0.15) is 20.7 Å². The second-order valence-corrected chi connectivity index (χ2v) is 5.04. The van der Waals surface area contributed by atoms with Crippen molar-refractivity contribution in [3.05, 3.63) is 64.7 Å². The highest BCUT2D eigenvalue weighted by Crippen LogP contribution is 2.15. The molecule has 0 aliphatic heterocycles. The van der Waals surface area contributed by atoms with Gasteiger partial charge in [-0.15, -0.1) is 0 Å². The summed E-state index contributed by atoms with van der Waals surface area (Å²) < 4.78 is 0. The minimum absolute atomic E-state index is 0.344. The second-order valence-electron chi connectivity index (χ2n) is 4.61. The van der Waals surface area contributed by atoms with Crippen LogP contribution in [0.2, 0.25) is 5.02 Å². The molecule has 0 saturated heterocycles. The molecular formula is C16H14ClNO2. The molecule has 0 N–H and O–H groups in total. The summed E-state index contributed by atoms with van der Waals surface area (Å²) >= 11 is 5.76. The highest BCUT2D eigenvalue weighted by Gasteiger charge is 2.18. The normalized spacial score (nSPS) is 10.2. The van der Waals surface area contributed by atoms with Gasteiger partial charge in [-0.25, -0.2) is 0 Å². The fourth-order valence-corrected chi connectivity index (χ4v) is 1.90. The molecule has 2 rings (SSSR count). The van der Waals surface area contributed by atoms with Crippen molar-refractivity contribution in [2.45, 2.75) is 0 Å². The number of hydrogen-bond acceptors (Lipinski definition) is 3. The number of carbonyl (C=O) groups excluding carboxylic acids is 2. The van der Waals surface area contributed by atoms with E-state index in [0.29, 0.717) is 16.1 Å². The average Bonchev–Trinajstić information content (AvgIpc) is 2.46. The molecular weight excluding hydrogens is 274 g/mol. The second kappa shape index (κ2) is 5.88. The van der Waals surface area contributed by atoms with Crippen molar-refractivity contribution < 1.29 is 9.59 Å².